The second kappa shape index (κ2) is 79.3. The van der Waals surface area contributed by atoms with Crippen molar-refractivity contribution in [1.29, 1.82) is 0 Å². The van der Waals surface area contributed by atoms with Gasteiger partial charge in [0.15, 0.2) is 12.2 Å². The van der Waals surface area contributed by atoms with Crippen LogP contribution in [0.4, 0.5) is 0 Å². The smallest absolute Gasteiger partial charge is 0.462 e. The molecular weight excluding hydrogens is 1390 g/mol. The zero-order valence-corrected chi connectivity index (χ0v) is 72.2. The van der Waals surface area contributed by atoms with E-state index in [1.807, 2.05) is 0 Å². The maximum absolute atomic E-state index is 13.2. The zero-order chi connectivity index (χ0) is 78.5. The fraction of sp³-hybridized carbons (Fsp3) is 0.955. The van der Waals surface area contributed by atoms with Crippen molar-refractivity contribution in [1.82, 2.24) is 0 Å². The van der Waals surface area contributed by atoms with Gasteiger partial charge in [-0.2, -0.15) is 0 Å². The molecule has 0 saturated carbocycles. The van der Waals surface area contributed by atoms with E-state index in [9.17, 15) is 43.2 Å². The van der Waals surface area contributed by atoms with Gasteiger partial charge in [0.25, 0.3) is 0 Å². The molecule has 3 unspecified atom stereocenters. The summed E-state index contributed by atoms with van der Waals surface area (Å²) >= 11 is 0. The Kier molecular flexibility index (Phi) is 77.9. The Morgan fingerprint density at radius 2 is 0.477 bits per heavy atom. The molecule has 0 aromatic heterocycles. The summed E-state index contributed by atoms with van der Waals surface area (Å²) in [7, 11) is -9.93. The second-order valence-electron chi connectivity index (χ2n) is 32.4. The van der Waals surface area contributed by atoms with E-state index in [2.05, 4.69) is 41.5 Å². The maximum atomic E-state index is 13.2. The number of aliphatic hydroxyl groups is 1. The lowest BCUT2D eigenvalue weighted by Crippen LogP contribution is -2.30. The summed E-state index contributed by atoms with van der Waals surface area (Å²) in [5.41, 5.74) is 0. The Hall–Kier alpha value is -1.94. The van der Waals surface area contributed by atoms with Gasteiger partial charge in [0.2, 0.25) is 0 Å². The first-order chi connectivity index (χ1) is 51.9. The highest BCUT2D eigenvalue weighted by molar-refractivity contribution is 7.47. The topological polar surface area (TPSA) is 237 Å². The van der Waals surface area contributed by atoms with Gasteiger partial charge in [-0.15, -0.1) is 0 Å². The molecule has 0 fully saturated rings. The number of carbonyl (C=O) groups is 4. The summed E-state index contributed by atoms with van der Waals surface area (Å²) in [5.74, 6) is -0.490. The molecule has 0 aliphatic carbocycles. The Morgan fingerprint density at radius 1 is 0.271 bits per heavy atom. The Morgan fingerprint density at radius 3 is 0.710 bits per heavy atom. The third-order valence-corrected chi connectivity index (χ3v) is 23.0. The van der Waals surface area contributed by atoms with Crippen molar-refractivity contribution in [3.63, 3.8) is 0 Å². The van der Waals surface area contributed by atoms with Crippen LogP contribution < -0.4 is 0 Å². The van der Waals surface area contributed by atoms with Crippen LogP contribution in [0.2, 0.25) is 0 Å². The predicted octanol–water partition coefficient (Wildman–Crippen LogP) is 27.0. The van der Waals surface area contributed by atoms with Gasteiger partial charge in [-0.3, -0.25) is 37.3 Å². The summed E-state index contributed by atoms with van der Waals surface area (Å²) in [5, 5.41) is 10.7. The summed E-state index contributed by atoms with van der Waals surface area (Å²) in [6, 6.07) is 0. The number of hydrogen-bond acceptors (Lipinski definition) is 15. The van der Waals surface area contributed by atoms with Crippen LogP contribution in [-0.4, -0.2) is 96.7 Å². The standard InChI is InChI=1S/C88H172O17P2/c1-7-10-12-14-16-18-20-22-23-24-25-26-27-28-29-32-37-41-48-54-60-66-72-87(92)104-83(76-99-86(91)71-65-59-53-47-40-36-33-30-31-35-38-44-50-56-62-68-80(4)5)78-102-106(94,95)100-74-82(89)75-101-107(96,97)103-79-84(77-98-85(90)70-64-58-52-46-39-34-21-19-17-15-13-11-8-2)105-88(93)73-67-61-55-49-43-42-45-51-57-63-69-81(6)9-3/h80-84,89H,7-79H2,1-6H3,(H,94,95)(H,96,97)/t81?,82-,83-,84-/m1/s1. The quantitative estimate of drug-likeness (QED) is 0.0222. The van der Waals surface area contributed by atoms with Crippen LogP contribution in [0.25, 0.3) is 0 Å². The van der Waals surface area contributed by atoms with Gasteiger partial charge in [-0.05, 0) is 37.5 Å². The van der Waals surface area contributed by atoms with Gasteiger partial charge in [0.05, 0.1) is 26.4 Å². The number of hydrogen-bond donors (Lipinski definition) is 3. The van der Waals surface area contributed by atoms with Crippen molar-refractivity contribution < 1.29 is 80.2 Å². The molecule has 107 heavy (non-hydrogen) atoms. The van der Waals surface area contributed by atoms with E-state index in [4.69, 9.17) is 37.0 Å². The van der Waals surface area contributed by atoms with Crippen LogP contribution in [-0.2, 0) is 65.4 Å². The highest BCUT2D eigenvalue weighted by Crippen LogP contribution is 2.45. The lowest BCUT2D eigenvalue weighted by Gasteiger charge is -2.21. The molecule has 6 atom stereocenters. The molecule has 19 heteroatoms. The van der Waals surface area contributed by atoms with Gasteiger partial charge in [-0.25, -0.2) is 9.13 Å². The molecule has 0 heterocycles. The lowest BCUT2D eigenvalue weighted by atomic mass is 9.99. The maximum Gasteiger partial charge on any atom is 0.472 e. The third kappa shape index (κ3) is 80.5. The van der Waals surface area contributed by atoms with Gasteiger partial charge < -0.3 is 33.8 Å². The molecule has 0 aromatic carbocycles. The van der Waals surface area contributed by atoms with Crippen molar-refractivity contribution in [2.45, 2.75) is 490 Å². The van der Waals surface area contributed by atoms with Crippen LogP contribution in [0.15, 0.2) is 0 Å². The number of esters is 4. The first-order valence-corrected chi connectivity index (χ1v) is 48.5. The summed E-state index contributed by atoms with van der Waals surface area (Å²) in [4.78, 5) is 73.3. The molecule has 17 nitrogen and oxygen atoms in total. The molecule has 0 saturated heterocycles. The Balaban J connectivity index is 5.25. The molecule has 3 N–H and O–H groups in total. The predicted molar refractivity (Wildman–Crippen MR) is 442 cm³/mol. The van der Waals surface area contributed by atoms with Gasteiger partial charge in [0.1, 0.15) is 19.3 Å². The summed E-state index contributed by atoms with van der Waals surface area (Å²) in [6.45, 7) is 9.74. The minimum absolute atomic E-state index is 0.107. The Bertz CT molecular complexity index is 2050. The minimum Gasteiger partial charge on any atom is -0.462 e. The number of aliphatic hydroxyl groups excluding tert-OH is 1. The fourth-order valence-corrected chi connectivity index (χ4v) is 15.3. The van der Waals surface area contributed by atoms with E-state index in [0.29, 0.717) is 25.7 Å². The largest absolute Gasteiger partial charge is 0.472 e. The first kappa shape index (κ1) is 105. The normalized spacial score (nSPS) is 14.0. The van der Waals surface area contributed by atoms with Gasteiger partial charge in [0, 0.05) is 25.7 Å². The van der Waals surface area contributed by atoms with Crippen molar-refractivity contribution in [2.24, 2.45) is 11.8 Å². The van der Waals surface area contributed by atoms with Crippen LogP contribution in [0.5, 0.6) is 0 Å². The summed E-state index contributed by atoms with van der Waals surface area (Å²) in [6.07, 6.45) is 72.1. The number of rotatable bonds is 87. The number of carbonyl (C=O) groups excluding carboxylic acids is 4. The van der Waals surface area contributed by atoms with Crippen LogP contribution in [0.3, 0.4) is 0 Å². The fourth-order valence-electron chi connectivity index (χ4n) is 13.7. The average molecular weight is 1560 g/mol. The number of phosphoric acid groups is 2. The molecule has 0 bridgehead atoms. The third-order valence-electron chi connectivity index (χ3n) is 21.1. The molecule has 0 aliphatic heterocycles. The van der Waals surface area contributed by atoms with Crippen LogP contribution >= 0.6 is 15.6 Å². The van der Waals surface area contributed by atoms with Crippen molar-refractivity contribution in [3.05, 3.63) is 0 Å². The monoisotopic (exact) mass is 1560 g/mol. The van der Waals surface area contributed by atoms with Crippen LogP contribution in [0.1, 0.15) is 472 Å². The molecule has 0 spiro atoms. The minimum atomic E-state index is -4.97. The SMILES string of the molecule is CCCCCCCCCCCCCCCCCCCCCCCCC(=O)O[C@H](COC(=O)CCCCCCCCCCCCCCCCCC(C)C)COP(=O)(O)OC[C@@H](O)COP(=O)(O)OC[C@@H](COC(=O)CCCCCCCCCCCCCCC)OC(=O)CCCCCCCCCCCCC(C)CC. The number of unbranched alkanes of at least 4 members (excludes halogenated alkanes) is 56. The van der Waals surface area contributed by atoms with E-state index in [0.717, 1.165) is 102 Å². The van der Waals surface area contributed by atoms with Crippen LogP contribution in [0, 0.1) is 11.8 Å². The highest BCUT2D eigenvalue weighted by Gasteiger charge is 2.31. The average Bonchev–Trinajstić information content (AvgIpc) is 0.905. The molecule has 636 valence electrons. The number of ether oxygens (including phenoxy) is 4. The molecule has 0 aromatic rings. The Labute approximate surface area is 658 Å². The second-order valence-corrected chi connectivity index (χ2v) is 35.3. The molecule has 0 radical (unpaired) electrons. The van der Waals surface area contributed by atoms with E-state index >= 15 is 0 Å². The van der Waals surface area contributed by atoms with Crippen molar-refractivity contribution in [3.8, 4) is 0 Å². The highest BCUT2D eigenvalue weighted by atomic mass is 31.2. The molecule has 0 aliphatic rings. The number of phosphoric ester groups is 2. The van der Waals surface area contributed by atoms with Crippen molar-refractivity contribution in [2.75, 3.05) is 39.6 Å². The van der Waals surface area contributed by atoms with E-state index in [-0.39, 0.29) is 25.7 Å². The first-order valence-electron chi connectivity index (χ1n) is 45.5. The lowest BCUT2D eigenvalue weighted by molar-refractivity contribution is -0.161. The van der Waals surface area contributed by atoms with E-state index in [1.165, 1.54) is 289 Å². The van der Waals surface area contributed by atoms with Gasteiger partial charge in [-0.1, -0.05) is 420 Å². The summed E-state index contributed by atoms with van der Waals surface area (Å²) < 4.78 is 69.0. The molecular formula is C88H172O17P2. The van der Waals surface area contributed by atoms with E-state index < -0.39 is 97.5 Å². The molecule has 0 amide bonds. The zero-order valence-electron chi connectivity index (χ0n) is 70.5. The van der Waals surface area contributed by atoms with E-state index in [1.54, 1.807) is 0 Å². The van der Waals surface area contributed by atoms with Gasteiger partial charge >= 0.3 is 39.5 Å². The molecule has 0 rings (SSSR count). The van der Waals surface area contributed by atoms with Crippen molar-refractivity contribution >= 4 is 39.5 Å².